The summed E-state index contributed by atoms with van der Waals surface area (Å²) in [7, 11) is 1.63. The van der Waals surface area contributed by atoms with Gasteiger partial charge < -0.3 is 5.32 Å². The molecule has 0 saturated heterocycles. The lowest BCUT2D eigenvalue weighted by molar-refractivity contribution is -0.120. The third-order valence-electron chi connectivity index (χ3n) is 4.38. The Morgan fingerprint density at radius 2 is 1.96 bits per heavy atom. The zero-order valence-electron chi connectivity index (χ0n) is 13.7. The predicted molar refractivity (Wildman–Crippen MR) is 90.1 cm³/mol. The van der Waals surface area contributed by atoms with Crippen molar-refractivity contribution in [2.75, 3.05) is 5.32 Å². The maximum absolute atomic E-state index is 12.5. The van der Waals surface area contributed by atoms with Crippen LogP contribution in [0, 0.1) is 5.92 Å². The summed E-state index contributed by atoms with van der Waals surface area (Å²) in [5.41, 5.74) is 2.87. The summed E-state index contributed by atoms with van der Waals surface area (Å²) in [6.07, 6.45) is 1.91. The van der Waals surface area contributed by atoms with E-state index in [4.69, 9.17) is 0 Å². The van der Waals surface area contributed by atoms with E-state index in [1.54, 1.807) is 37.4 Å². The number of aryl methyl sites for hydroxylation is 2. The van der Waals surface area contributed by atoms with E-state index < -0.39 is 0 Å². The summed E-state index contributed by atoms with van der Waals surface area (Å²) in [4.78, 5) is 35.5. The Bertz CT molecular complexity index is 853. The molecule has 0 unspecified atom stereocenters. The molecule has 1 aromatic heterocycles. The zero-order valence-corrected chi connectivity index (χ0v) is 13.7. The van der Waals surface area contributed by atoms with Crippen molar-refractivity contribution in [2.45, 2.75) is 26.2 Å². The molecule has 0 radical (unpaired) electrons. The van der Waals surface area contributed by atoms with Crippen molar-refractivity contribution in [3.63, 3.8) is 0 Å². The van der Waals surface area contributed by atoms with Gasteiger partial charge in [0.1, 0.15) is 0 Å². The molecule has 124 valence electrons. The number of hydrogen-bond donors (Lipinski definition) is 1. The van der Waals surface area contributed by atoms with Crippen LogP contribution in [0.25, 0.3) is 0 Å². The third kappa shape index (κ3) is 3.27. The van der Waals surface area contributed by atoms with Crippen LogP contribution in [0.4, 0.5) is 5.69 Å². The normalized spacial score (nSPS) is 16.3. The van der Waals surface area contributed by atoms with E-state index in [1.807, 2.05) is 0 Å². The molecule has 1 aromatic carbocycles. The monoisotopic (exact) mass is 325 g/mol. The SMILES string of the molecule is CC(=O)c1ccc(NC(=O)[C@H]2CCc3nn(C)c(=O)cc3C2)cc1. The van der Waals surface area contributed by atoms with Crippen LogP contribution in [0.5, 0.6) is 0 Å². The Morgan fingerprint density at radius 3 is 2.62 bits per heavy atom. The molecule has 0 spiro atoms. The standard InChI is InChI=1S/C18H19N3O3/c1-11(22)12-3-6-15(7-4-12)19-18(24)13-5-8-16-14(9-13)10-17(23)21(2)20-16/h3-4,6-7,10,13H,5,8-9H2,1-2H3,(H,19,24)/t13-/m0/s1. The molecule has 0 aliphatic heterocycles. The lowest BCUT2D eigenvalue weighted by Crippen LogP contribution is -2.31. The molecular weight excluding hydrogens is 306 g/mol. The first kappa shape index (κ1) is 16.1. The van der Waals surface area contributed by atoms with E-state index in [0.29, 0.717) is 30.5 Å². The second kappa shape index (κ2) is 6.39. The number of carbonyl (C=O) groups excluding carboxylic acids is 2. The average molecular weight is 325 g/mol. The van der Waals surface area contributed by atoms with Crippen LogP contribution in [0.1, 0.15) is 35.0 Å². The fourth-order valence-corrected chi connectivity index (χ4v) is 2.94. The quantitative estimate of drug-likeness (QED) is 0.871. The molecule has 1 aliphatic rings. The maximum atomic E-state index is 12.5. The Hall–Kier alpha value is -2.76. The van der Waals surface area contributed by atoms with Gasteiger partial charge in [-0.25, -0.2) is 4.68 Å². The van der Waals surface area contributed by atoms with E-state index in [-0.39, 0.29) is 23.2 Å². The topological polar surface area (TPSA) is 81.1 Å². The van der Waals surface area contributed by atoms with Crippen molar-refractivity contribution in [3.8, 4) is 0 Å². The van der Waals surface area contributed by atoms with Gasteiger partial charge in [-0.15, -0.1) is 0 Å². The summed E-state index contributed by atoms with van der Waals surface area (Å²) >= 11 is 0. The average Bonchev–Trinajstić information content (AvgIpc) is 2.56. The van der Waals surface area contributed by atoms with Crippen molar-refractivity contribution in [1.29, 1.82) is 0 Å². The molecule has 1 aliphatic carbocycles. The highest BCUT2D eigenvalue weighted by atomic mass is 16.2. The lowest BCUT2D eigenvalue weighted by atomic mass is 9.86. The third-order valence-corrected chi connectivity index (χ3v) is 4.38. The van der Waals surface area contributed by atoms with Crippen molar-refractivity contribution in [2.24, 2.45) is 13.0 Å². The van der Waals surface area contributed by atoms with Crippen LogP contribution >= 0.6 is 0 Å². The number of Topliss-reactive ketones (excluding diaryl/α,β-unsaturated/α-hetero) is 1. The first-order valence-electron chi connectivity index (χ1n) is 7.92. The van der Waals surface area contributed by atoms with Gasteiger partial charge in [-0.05, 0) is 56.0 Å². The second-order valence-electron chi connectivity index (χ2n) is 6.14. The summed E-state index contributed by atoms with van der Waals surface area (Å²) in [5.74, 6) is -0.262. The highest BCUT2D eigenvalue weighted by molar-refractivity contribution is 5.96. The number of fused-ring (bicyclic) bond motifs is 1. The maximum Gasteiger partial charge on any atom is 0.266 e. The Kier molecular flexibility index (Phi) is 4.29. The highest BCUT2D eigenvalue weighted by Gasteiger charge is 2.26. The molecule has 0 bridgehead atoms. The van der Waals surface area contributed by atoms with Crippen LogP contribution < -0.4 is 10.9 Å². The predicted octanol–water partition coefficient (Wildman–Crippen LogP) is 1.73. The van der Waals surface area contributed by atoms with E-state index in [2.05, 4.69) is 10.4 Å². The van der Waals surface area contributed by atoms with E-state index in [1.165, 1.54) is 11.6 Å². The molecule has 1 heterocycles. The number of amides is 1. The molecule has 6 nitrogen and oxygen atoms in total. The van der Waals surface area contributed by atoms with Gasteiger partial charge in [0.2, 0.25) is 5.91 Å². The Morgan fingerprint density at radius 1 is 1.25 bits per heavy atom. The van der Waals surface area contributed by atoms with Gasteiger partial charge in [0.15, 0.2) is 5.78 Å². The largest absolute Gasteiger partial charge is 0.326 e. The van der Waals surface area contributed by atoms with Crippen molar-refractivity contribution < 1.29 is 9.59 Å². The van der Waals surface area contributed by atoms with Gasteiger partial charge in [0.25, 0.3) is 5.56 Å². The van der Waals surface area contributed by atoms with E-state index in [0.717, 1.165) is 11.3 Å². The fourth-order valence-electron chi connectivity index (χ4n) is 2.94. The van der Waals surface area contributed by atoms with Crippen LogP contribution in [0.2, 0.25) is 0 Å². The van der Waals surface area contributed by atoms with Gasteiger partial charge in [0.05, 0.1) is 5.69 Å². The Labute approximate surface area is 139 Å². The molecule has 2 aromatic rings. The lowest BCUT2D eigenvalue weighted by Gasteiger charge is -2.23. The molecule has 3 rings (SSSR count). The minimum Gasteiger partial charge on any atom is -0.326 e. The molecular formula is C18H19N3O3. The number of anilines is 1. The summed E-state index contributed by atoms with van der Waals surface area (Å²) < 4.78 is 1.33. The van der Waals surface area contributed by atoms with Crippen LogP contribution in [0.15, 0.2) is 35.1 Å². The molecule has 24 heavy (non-hydrogen) atoms. The number of hydrogen-bond acceptors (Lipinski definition) is 4. The van der Waals surface area contributed by atoms with Gasteiger partial charge in [0, 0.05) is 30.3 Å². The molecule has 0 saturated carbocycles. The molecule has 6 heteroatoms. The van der Waals surface area contributed by atoms with Crippen molar-refractivity contribution in [1.82, 2.24) is 9.78 Å². The van der Waals surface area contributed by atoms with E-state index >= 15 is 0 Å². The summed E-state index contributed by atoms with van der Waals surface area (Å²) in [5, 5.41) is 7.14. The second-order valence-corrected chi connectivity index (χ2v) is 6.14. The van der Waals surface area contributed by atoms with Gasteiger partial charge in [-0.2, -0.15) is 5.10 Å². The van der Waals surface area contributed by atoms with Gasteiger partial charge in [-0.1, -0.05) is 0 Å². The number of benzene rings is 1. The van der Waals surface area contributed by atoms with Crippen molar-refractivity contribution >= 4 is 17.4 Å². The number of aromatic nitrogens is 2. The van der Waals surface area contributed by atoms with Gasteiger partial charge >= 0.3 is 0 Å². The van der Waals surface area contributed by atoms with Crippen LogP contribution in [0.3, 0.4) is 0 Å². The Balaban J connectivity index is 1.71. The zero-order chi connectivity index (χ0) is 17.3. The van der Waals surface area contributed by atoms with Gasteiger partial charge in [-0.3, -0.25) is 14.4 Å². The number of ketones is 1. The van der Waals surface area contributed by atoms with E-state index in [9.17, 15) is 14.4 Å². The number of carbonyl (C=O) groups is 2. The molecule has 1 amide bonds. The highest BCUT2D eigenvalue weighted by Crippen LogP contribution is 2.24. The summed E-state index contributed by atoms with van der Waals surface area (Å²) in [6, 6.07) is 8.42. The minimum absolute atomic E-state index is 0.00848. The molecule has 0 fully saturated rings. The molecule has 1 N–H and O–H groups in total. The number of nitrogens with zero attached hydrogens (tertiary/aromatic N) is 2. The van der Waals surface area contributed by atoms with Crippen LogP contribution in [-0.4, -0.2) is 21.5 Å². The fraction of sp³-hybridized carbons (Fsp3) is 0.333. The first-order valence-corrected chi connectivity index (χ1v) is 7.92. The first-order chi connectivity index (χ1) is 11.4. The smallest absolute Gasteiger partial charge is 0.266 e. The summed E-state index contributed by atoms with van der Waals surface area (Å²) in [6.45, 7) is 1.51. The molecule has 1 atom stereocenters. The number of nitrogens with one attached hydrogen (secondary N) is 1. The van der Waals surface area contributed by atoms with Crippen LogP contribution in [-0.2, 0) is 24.7 Å². The number of rotatable bonds is 3. The van der Waals surface area contributed by atoms with Crippen molar-refractivity contribution in [3.05, 3.63) is 57.5 Å². The minimum atomic E-state index is -0.182.